The van der Waals surface area contributed by atoms with Crippen LogP contribution in [-0.4, -0.2) is 28.5 Å². The van der Waals surface area contributed by atoms with Gasteiger partial charge >= 0.3 is 0 Å². The molecule has 0 bridgehead atoms. The van der Waals surface area contributed by atoms with Crippen LogP contribution < -0.4 is 0 Å². The second-order valence-corrected chi connectivity index (χ2v) is 6.09. The van der Waals surface area contributed by atoms with Gasteiger partial charge in [0.1, 0.15) is 5.78 Å². The molecule has 2 atom stereocenters. The highest BCUT2D eigenvalue weighted by Crippen LogP contribution is 2.63. The minimum Gasteiger partial charge on any atom is -0.300 e. The van der Waals surface area contributed by atoms with Crippen molar-refractivity contribution in [1.29, 1.82) is 0 Å². The lowest BCUT2D eigenvalue weighted by atomic mass is 9.92. The first-order valence-electron chi connectivity index (χ1n) is 6.33. The Hall–Kier alpha value is -1.19. The van der Waals surface area contributed by atoms with Gasteiger partial charge in [-0.1, -0.05) is 13.8 Å². The van der Waals surface area contributed by atoms with E-state index in [0.29, 0.717) is 25.7 Å². The van der Waals surface area contributed by atoms with E-state index in [4.69, 9.17) is 0 Å². The molecule has 1 heterocycles. The summed E-state index contributed by atoms with van der Waals surface area (Å²) in [5.74, 6) is 0.0831. The van der Waals surface area contributed by atoms with Gasteiger partial charge in [-0.3, -0.25) is 19.3 Å². The Morgan fingerprint density at radius 2 is 1.47 bits per heavy atom. The first-order valence-corrected chi connectivity index (χ1v) is 6.33. The van der Waals surface area contributed by atoms with Crippen LogP contribution >= 0.6 is 0 Å². The molecule has 0 aromatic carbocycles. The van der Waals surface area contributed by atoms with Gasteiger partial charge in [-0.25, -0.2) is 0 Å². The van der Waals surface area contributed by atoms with E-state index in [1.54, 1.807) is 0 Å². The van der Waals surface area contributed by atoms with Gasteiger partial charge in [-0.15, -0.1) is 0 Å². The summed E-state index contributed by atoms with van der Waals surface area (Å²) >= 11 is 0. The molecule has 3 rings (SSSR count). The summed E-state index contributed by atoms with van der Waals surface area (Å²) in [4.78, 5) is 37.0. The highest BCUT2D eigenvalue weighted by molar-refractivity contribution is 6.10. The number of Topliss-reactive ketones (excluding diaryl/α,β-unsaturated/α-hetero) is 1. The van der Waals surface area contributed by atoms with E-state index in [2.05, 4.69) is 0 Å². The first kappa shape index (κ1) is 10.9. The van der Waals surface area contributed by atoms with Crippen LogP contribution in [0.4, 0.5) is 0 Å². The number of imide groups is 1. The lowest BCUT2D eigenvalue weighted by Crippen LogP contribution is -2.45. The van der Waals surface area contributed by atoms with Crippen molar-refractivity contribution in [2.75, 3.05) is 0 Å². The van der Waals surface area contributed by atoms with Crippen LogP contribution in [0.2, 0.25) is 0 Å². The third kappa shape index (κ3) is 1.33. The molecule has 1 aliphatic heterocycles. The molecule has 0 aromatic heterocycles. The molecule has 4 nitrogen and oxygen atoms in total. The summed E-state index contributed by atoms with van der Waals surface area (Å²) in [7, 11) is 0. The number of carbonyl (C=O) groups is 3. The lowest BCUT2D eigenvalue weighted by Gasteiger charge is -2.31. The van der Waals surface area contributed by atoms with Crippen LogP contribution in [0.25, 0.3) is 0 Å². The van der Waals surface area contributed by atoms with Crippen LogP contribution in [-0.2, 0) is 14.4 Å². The molecule has 17 heavy (non-hydrogen) atoms. The van der Waals surface area contributed by atoms with Crippen molar-refractivity contribution in [2.45, 2.75) is 45.6 Å². The molecule has 2 saturated carbocycles. The summed E-state index contributed by atoms with van der Waals surface area (Å²) in [6, 6.07) is -0.0173. The maximum Gasteiger partial charge on any atom is 0.233 e. The topological polar surface area (TPSA) is 54.5 Å². The standard InChI is InChI=1S/C13H17NO3/c1-13(2)9-10(13)12(17)14(11(9)16)7-3-5-8(15)6-4-7/h7,9-10H,3-6H2,1-2H3. The van der Waals surface area contributed by atoms with E-state index in [1.165, 1.54) is 4.90 Å². The van der Waals surface area contributed by atoms with Gasteiger partial charge in [0.05, 0.1) is 11.8 Å². The third-order valence-corrected chi connectivity index (χ3v) is 4.71. The number of hydrogen-bond acceptors (Lipinski definition) is 3. The summed E-state index contributed by atoms with van der Waals surface area (Å²) in [5, 5.41) is 0. The predicted octanol–water partition coefficient (Wildman–Crippen LogP) is 1.14. The van der Waals surface area contributed by atoms with Crippen LogP contribution in [0.5, 0.6) is 0 Å². The molecule has 3 fully saturated rings. The fourth-order valence-electron chi connectivity index (χ4n) is 3.51. The number of amides is 2. The van der Waals surface area contributed by atoms with Crippen LogP contribution in [0, 0.1) is 17.3 Å². The molecule has 2 aliphatic carbocycles. The largest absolute Gasteiger partial charge is 0.300 e. The van der Waals surface area contributed by atoms with Crippen LogP contribution in [0.1, 0.15) is 39.5 Å². The first-order chi connectivity index (χ1) is 7.94. The van der Waals surface area contributed by atoms with Crippen molar-refractivity contribution >= 4 is 17.6 Å². The lowest BCUT2D eigenvalue weighted by molar-refractivity contribution is -0.147. The van der Waals surface area contributed by atoms with Crippen molar-refractivity contribution in [2.24, 2.45) is 17.3 Å². The second kappa shape index (κ2) is 3.18. The summed E-state index contributed by atoms with van der Waals surface area (Å²) in [6.45, 7) is 3.97. The second-order valence-electron chi connectivity index (χ2n) is 6.09. The molecular formula is C13H17NO3. The molecule has 3 aliphatic rings. The Bertz CT molecular complexity index is 392. The van der Waals surface area contributed by atoms with Gasteiger partial charge in [0, 0.05) is 18.9 Å². The molecular weight excluding hydrogens is 218 g/mol. The maximum atomic E-state index is 12.2. The number of carbonyl (C=O) groups excluding carboxylic acids is 3. The molecule has 2 amide bonds. The minimum absolute atomic E-state index is 0.00403. The number of hydrogen-bond donors (Lipinski definition) is 0. The quantitative estimate of drug-likeness (QED) is 0.640. The molecule has 0 N–H and O–H groups in total. The Morgan fingerprint density at radius 3 is 1.94 bits per heavy atom. The van der Waals surface area contributed by atoms with Crippen molar-refractivity contribution in [3.63, 3.8) is 0 Å². The molecule has 1 saturated heterocycles. The molecule has 92 valence electrons. The van der Waals surface area contributed by atoms with Gasteiger partial charge in [0.2, 0.25) is 11.8 Å². The van der Waals surface area contributed by atoms with E-state index >= 15 is 0 Å². The zero-order chi connectivity index (χ0) is 12.4. The number of fused-ring (bicyclic) bond motifs is 1. The number of nitrogens with zero attached hydrogens (tertiary/aromatic N) is 1. The van der Waals surface area contributed by atoms with Gasteiger partial charge in [0.15, 0.2) is 0 Å². The zero-order valence-corrected chi connectivity index (χ0v) is 10.2. The highest BCUT2D eigenvalue weighted by Gasteiger charge is 2.73. The molecule has 0 spiro atoms. The fourth-order valence-corrected chi connectivity index (χ4v) is 3.51. The van der Waals surface area contributed by atoms with E-state index in [0.717, 1.165) is 0 Å². The summed E-state index contributed by atoms with van der Waals surface area (Å²) < 4.78 is 0. The average Bonchev–Trinajstić information content (AvgIpc) is 2.72. The maximum absolute atomic E-state index is 12.2. The zero-order valence-electron chi connectivity index (χ0n) is 10.2. The van der Waals surface area contributed by atoms with Gasteiger partial charge < -0.3 is 0 Å². The van der Waals surface area contributed by atoms with Gasteiger partial charge in [-0.05, 0) is 18.3 Å². The Balaban J connectivity index is 1.77. The highest BCUT2D eigenvalue weighted by atomic mass is 16.2. The minimum atomic E-state index is -0.130. The third-order valence-electron chi connectivity index (χ3n) is 4.71. The van der Waals surface area contributed by atoms with Crippen LogP contribution in [0.3, 0.4) is 0 Å². The van der Waals surface area contributed by atoms with E-state index in [-0.39, 0.29) is 40.9 Å². The predicted molar refractivity (Wildman–Crippen MR) is 59.9 cm³/mol. The summed E-state index contributed by atoms with van der Waals surface area (Å²) in [5.41, 5.74) is -0.130. The van der Waals surface area contributed by atoms with E-state index < -0.39 is 0 Å². The molecule has 2 unspecified atom stereocenters. The Morgan fingerprint density at radius 1 is 1.00 bits per heavy atom. The number of likely N-dealkylation sites (tertiary alicyclic amines) is 1. The van der Waals surface area contributed by atoms with Crippen molar-refractivity contribution < 1.29 is 14.4 Å². The number of rotatable bonds is 1. The van der Waals surface area contributed by atoms with Crippen molar-refractivity contribution in [1.82, 2.24) is 4.90 Å². The normalized spacial score (nSPS) is 36.4. The number of piperidine rings is 1. The molecule has 0 aromatic rings. The Kier molecular flexibility index (Phi) is 2.04. The average molecular weight is 235 g/mol. The van der Waals surface area contributed by atoms with E-state index in [9.17, 15) is 14.4 Å². The summed E-state index contributed by atoms with van der Waals surface area (Å²) in [6.07, 6.45) is 2.35. The fraction of sp³-hybridized carbons (Fsp3) is 0.769. The molecule has 0 radical (unpaired) electrons. The van der Waals surface area contributed by atoms with E-state index in [1.807, 2.05) is 13.8 Å². The van der Waals surface area contributed by atoms with Crippen molar-refractivity contribution in [3.8, 4) is 0 Å². The Labute approximate surface area is 100 Å². The molecule has 4 heteroatoms. The van der Waals surface area contributed by atoms with Gasteiger partial charge in [0.25, 0.3) is 0 Å². The smallest absolute Gasteiger partial charge is 0.233 e. The SMILES string of the molecule is CC1(C)C2C(=O)N(C3CCC(=O)CC3)C(=O)C21. The van der Waals surface area contributed by atoms with Crippen LogP contribution in [0.15, 0.2) is 0 Å². The van der Waals surface area contributed by atoms with Crippen molar-refractivity contribution in [3.05, 3.63) is 0 Å². The number of ketones is 1. The monoisotopic (exact) mass is 235 g/mol. The van der Waals surface area contributed by atoms with Gasteiger partial charge in [-0.2, -0.15) is 0 Å².